The number of esters is 1. The number of hydrogen-bond donors (Lipinski definition) is 3. The lowest BCUT2D eigenvalue weighted by atomic mass is 10.1. The Balaban J connectivity index is 2.97. The summed E-state index contributed by atoms with van der Waals surface area (Å²) in [5.74, 6) is -0.679. The van der Waals surface area contributed by atoms with Gasteiger partial charge in [-0.15, -0.1) is 0 Å². The van der Waals surface area contributed by atoms with E-state index in [1.54, 1.807) is 32.2 Å². The van der Waals surface area contributed by atoms with E-state index in [1.807, 2.05) is 0 Å². The monoisotopic (exact) mass is 251 g/mol. The van der Waals surface area contributed by atoms with Crippen molar-refractivity contribution in [2.45, 2.75) is 13.0 Å². The summed E-state index contributed by atoms with van der Waals surface area (Å²) in [5, 5.41) is 5.45. The van der Waals surface area contributed by atoms with Gasteiger partial charge in [0.15, 0.2) is 0 Å². The first-order valence-corrected chi connectivity index (χ1v) is 5.46. The Morgan fingerprint density at radius 2 is 2.06 bits per heavy atom. The summed E-state index contributed by atoms with van der Waals surface area (Å²) in [5.41, 5.74) is 6.91. The highest BCUT2D eigenvalue weighted by molar-refractivity contribution is 5.98. The maximum absolute atomic E-state index is 11.5. The van der Waals surface area contributed by atoms with E-state index in [1.165, 1.54) is 7.11 Å². The van der Waals surface area contributed by atoms with E-state index in [0.717, 1.165) is 0 Å². The van der Waals surface area contributed by atoms with Gasteiger partial charge in [0, 0.05) is 7.05 Å². The number of nitrogens with one attached hydrogen (secondary N) is 2. The van der Waals surface area contributed by atoms with Crippen molar-refractivity contribution in [3.05, 3.63) is 23.8 Å². The topological polar surface area (TPSA) is 93.5 Å². The molecule has 1 amide bonds. The van der Waals surface area contributed by atoms with Crippen LogP contribution < -0.4 is 16.4 Å². The van der Waals surface area contributed by atoms with Gasteiger partial charge in [-0.3, -0.25) is 4.79 Å². The molecule has 6 nitrogen and oxygen atoms in total. The second-order valence-corrected chi connectivity index (χ2v) is 3.74. The predicted molar refractivity (Wildman–Crippen MR) is 69.3 cm³/mol. The normalized spacial score (nSPS) is 11.5. The maximum Gasteiger partial charge on any atom is 0.340 e. The lowest BCUT2D eigenvalue weighted by Crippen LogP contribution is -2.35. The summed E-state index contributed by atoms with van der Waals surface area (Å²) < 4.78 is 4.62. The summed E-state index contributed by atoms with van der Waals surface area (Å²) in [6.45, 7) is 1.70. The van der Waals surface area contributed by atoms with Crippen molar-refractivity contribution in [2.75, 3.05) is 25.2 Å². The predicted octanol–water partition coefficient (Wildman–Crippen LogP) is 0.602. The zero-order chi connectivity index (χ0) is 13.7. The number of ether oxygens (including phenoxy) is 1. The maximum atomic E-state index is 11.5. The number of para-hydroxylation sites is 1. The van der Waals surface area contributed by atoms with E-state index in [2.05, 4.69) is 15.4 Å². The number of nitrogens with two attached hydrogens (primary N) is 1. The molecule has 1 unspecified atom stereocenters. The molecule has 0 fully saturated rings. The molecule has 0 aliphatic carbocycles. The van der Waals surface area contributed by atoms with Gasteiger partial charge in [-0.25, -0.2) is 4.79 Å². The first-order valence-electron chi connectivity index (χ1n) is 5.46. The number of likely N-dealkylation sites (N-methyl/N-ethyl adjacent to an activating group) is 1. The zero-order valence-electron chi connectivity index (χ0n) is 10.6. The van der Waals surface area contributed by atoms with Crippen molar-refractivity contribution >= 4 is 23.3 Å². The highest BCUT2D eigenvalue weighted by atomic mass is 16.5. The highest BCUT2D eigenvalue weighted by Gasteiger charge is 2.16. The van der Waals surface area contributed by atoms with Crippen molar-refractivity contribution in [1.82, 2.24) is 5.32 Å². The Bertz CT molecular complexity index is 460. The van der Waals surface area contributed by atoms with Crippen molar-refractivity contribution < 1.29 is 14.3 Å². The van der Waals surface area contributed by atoms with Gasteiger partial charge in [0.25, 0.3) is 0 Å². The molecule has 0 bridgehead atoms. The second kappa shape index (κ2) is 5.90. The molecule has 1 atom stereocenters. The van der Waals surface area contributed by atoms with Crippen LogP contribution in [-0.2, 0) is 9.53 Å². The Morgan fingerprint density at radius 1 is 1.39 bits per heavy atom. The fourth-order valence-corrected chi connectivity index (χ4v) is 1.49. The molecule has 0 saturated carbocycles. The van der Waals surface area contributed by atoms with Gasteiger partial charge >= 0.3 is 5.97 Å². The minimum atomic E-state index is -0.510. The average Bonchev–Trinajstić information content (AvgIpc) is 2.39. The number of benzene rings is 1. The Hall–Kier alpha value is -2.24. The van der Waals surface area contributed by atoms with Crippen LogP contribution in [0.15, 0.2) is 18.2 Å². The van der Waals surface area contributed by atoms with Gasteiger partial charge in [0.05, 0.1) is 24.0 Å². The van der Waals surface area contributed by atoms with Crippen LogP contribution in [0.4, 0.5) is 11.4 Å². The quantitative estimate of drug-likeness (QED) is 0.538. The number of rotatable bonds is 4. The second-order valence-electron chi connectivity index (χ2n) is 3.74. The third-order valence-electron chi connectivity index (χ3n) is 2.52. The molecule has 1 aromatic carbocycles. The fourth-order valence-electron chi connectivity index (χ4n) is 1.49. The van der Waals surface area contributed by atoms with E-state index in [-0.39, 0.29) is 17.2 Å². The number of carbonyl (C=O) groups is 2. The van der Waals surface area contributed by atoms with Crippen LogP contribution in [0, 0.1) is 0 Å². The van der Waals surface area contributed by atoms with Crippen LogP contribution >= 0.6 is 0 Å². The molecule has 1 aromatic rings. The van der Waals surface area contributed by atoms with Crippen LogP contribution in [0.2, 0.25) is 0 Å². The van der Waals surface area contributed by atoms with E-state index >= 15 is 0 Å². The smallest absolute Gasteiger partial charge is 0.340 e. The molecule has 0 aliphatic heterocycles. The van der Waals surface area contributed by atoms with Crippen LogP contribution in [0.5, 0.6) is 0 Å². The lowest BCUT2D eigenvalue weighted by molar-refractivity contribution is -0.121. The number of anilines is 2. The fraction of sp³-hybridized carbons (Fsp3) is 0.333. The average molecular weight is 251 g/mol. The molecular weight excluding hydrogens is 234 g/mol. The molecule has 0 saturated heterocycles. The summed E-state index contributed by atoms with van der Waals surface area (Å²) in [4.78, 5) is 22.8. The van der Waals surface area contributed by atoms with Gasteiger partial charge in [-0.05, 0) is 19.1 Å². The lowest BCUT2D eigenvalue weighted by Gasteiger charge is -2.16. The Labute approximate surface area is 105 Å². The molecule has 0 heterocycles. The third-order valence-corrected chi connectivity index (χ3v) is 2.52. The van der Waals surface area contributed by atoms with E-state index < -0.39 is 12.0 Å². The number of methoxy groups -OCH3 is 1. The Kier molecular flexibility index (Phi) is 4.53. The summed E-state index contributed by atoms with van der Waals surface area (Å²) in [7, 11) is 2.84. The molecule has 98 valence electrons. The standard InChI is InChI=1S/C12H17N3O3/c1-7(11(16)14-2)15-9-6-4-5-8(10(9)13)12(17)18-3/h4-7,15H,13H2,1-3H3,(H,14,16). The molecule has 0 aliphatic rings. The summed E-state index contributed by atoms with van der Waals surface area (Å²) in [6.07, 6.45) is 0. The minimum absolute atomic E-state index is 0.169. The molecule has 0 aromatic heterocycles. The van der Waals surface area contributed by atoms with Crippen LogP contribution in [0.1, 0.15) is 17.3 Å². The van der Waals surface area contributed by atoms with Crippen molar-refractivity contribution in [2.24, 2.45) is 0 Å². The summed E-state index contributed by atoms with van der Waals surface area (Å²) >= 11 is 0. The molecule has 4 N–H and O–H groups in total. The SMILES string of the molecule is CNC(=O)C(C)Nc1cccc(C(=O)OC)c1N. The van der Waals surface area contributed by atoms with E-state index in [0.29, 0.717) is 5.69 Å². The highest BCUT2D eigenvalue weighted by Crippen LogP contribution is 2.24. The van der Waals surface area contributed by atoms with Crippen LogP contribution in [-0.4, -0.2) is 32.1 Å². The minimum Gasteiger partial charge on any atom is -0.465 e. The first kappa shape index (κ1) is 13.8. The zero-order valence-corrected chi connectivity index (χ0v) is 10.6. The van der Waals surface area contributed by atoms with E-state index in [9.17, 15) is 9.59 Å². The van der Waals surface area contributed by atoms with Crippen LogP contribution in [0.3, 0.4) is 0 Å². The van der Waals surface area contributed by atoms with Crippen molar-refractivity contribution in [3.63, 3.8) is 0 Å². The van der Waals surface area contributed by atoms with Crippen LogP contribution in [0.25, 0.3) is 0 Å². The molecular formula is C12H17N3O3. The largest absolute Gasteiger partial charge is 0.465 e. The molecule has 0 radical (unpaired) electrons. The molecule has 0 spiro atoms. The third kappa shape index (κ3) is 2.91. The summed E-state index contributed by atoms with van der Waals surface area (Å²) in [6, 6.07) is 4.48. The molecule has 1 rings (SSSR count). The van der Waals surface area contributed by atoms with Gasteiger partial charge in [-0.2, -0.15) is 0 Å². The first-order chi connectivity index (χ1) is 8.51. The number of nitrogen functional groups attached to an aromatic ring is 1. The van der Waals surface area contributed by atoms with Gasteiger partial charge in [0.2, 0.25) is 5.91 Å². The molecule has 18 heavy (non-hydrogen) atoms. The van der Waals surface area contributed by atoms with Crippen molar-refractivity contribution in [3.8, 4) is 0 Å². The Morgan fingerprint density at radius 3 is 2.61 bits per heavy atom. The van der Waals surface area contributed by atoms with Crippen molar-refractivity contribution in [1.29, 1.82) is 0 Å². The molecule has 6 heteroatoms. The van der Waals surface area contributed by atoms with Gasteiger partial charge < -0.3 is 21.1 Å². The van der Waals surface area contributed by atoms with Gasteiger partial charge in [0.1, 0.15) is 6.04 Å². The van der Waals surface area contributed by atoms with E-state index in [4.69, 9.17) is 5.73 Å². The number of hydrogen-bond acceptors (Lipinski definition) is 5. The number of carbonyl (C=O) groups excluding carboxylic acids is 2. The van der Waals surface area contributed by atoms with Gasteiger partial charge in [-0.1, -0.05) is 6.07 Å². The number of amides is 1.